The van der Waals surface area contributed by atoms with Crippen molar-refractivity contribution in [2.45, 2.75) is 33.1 Å². The van der Waals surface area contributed by atoms with Crippen LogP contribution in [0.1, 0.15) is 58.2 Å². The lowest BCUT2D eigenvalue weighted by Crippen LogP contribution is -2.13. The Kier molecular flexibility index (Phi) is 6.08. The summed E-state index contributed by atoms with van der Waals surface area (Å²) in [6.07, 6.45) is 1.52. The van der Waals surface area contributed by atoms with Crippen LogP contribution in [0, 0.1) is 6.92 Å². The molecule has 1 heterocycles. The fraction of sp³-hybridized carbons (Fsp3) is 0.185. The minimum atomic E-state index is -0.485. The summed E-state index contributed by atoms with van der Waals surface area (Å²) in [5, 5.41) is 0.817. The summed E-state index contributed by atoms with van der Waals surface area (Å²) >= 11 is 12.4. The van der Waals surface area contributed by atoms with Crippen LogP contribution in [0.5, 0.6) is 11.5 Å². The number of Topliss-reactive ketones (excluding diaryl/α,β-unsaturated/α-hetero) is 1. The first-order chi connectivity index (χ1) is 15.6. The van der Waals surface area contributed by atoms with Gasteiger partial charge in [0.25, 0.3) is 0 Å². The van der Waals surface area contributed by atoms with E-state index in [2.05, 4.69) is 20.8 Å². The Hall–Kier alpha value is -3.08. The predicted octanol–water partition coefficient (Wildman–Crippen LogP) is 7.43. The molecule has 0 bridgehead atoms. The minimum Gasteiger partial charge on any atom is -0.452 e. The number of benzene rings is 3. The molecule has 6 heteroatoms. The van der Waals surface area contributed by atoms with Crippen LogP contribution >= 0.6 is 23.2 Å². The molecule has 0 fully saturated rings. The molecule has 0 N–H and O–H groups in total. The van der Waals surface area contributed by atoms with Crippen LogP contribution in [0.25, 0.3) is 6.08 Å². The summed E-state index contributed by atoms with van der Waals surface area (Å²) in [6.45, 7) is 8.07. The maximum atomic E-state index is 12.9. The fourth-order valence-electron chi connectivity index (χ4n) is 3.52. The molecule has 0 atom stereocenters. The molecule has 0 aromatic heterocycles. The van der Waals surface area contributed by atoms with E-state index in [1.54, 1.807) is 49.4 Å². The maximum Gasteiger partial charge on any atom is 0.343 e. The normalized spacial score (nSPS) is 14.2. The summed E-state index contributed by atoms with van der Waals surface area (Å²) in [5.74, 6) is -0.00296. The van der Waals surface area contributed by atoms with Gasteiger partial charge in [-0.15, -0.1) is 0 Å². The third-order valence-electron chi connectivity index (χ3n) is 5.50. The van der Waals surface area contributed by atoms with Gasteiger partial charge < -0.3 is 9.47 Å². The highest BCUT2D eigenvalue weighted by Gasteiger charge is 2.31. The molecule has 0 radical (unpaired) electrons. The van der Waals surface area contributed by atoms with Crippen molar-refractivity contribution >= 4 is 41.0 Å². The zero-order chi connectivity index (χ0) is 23.9. The lowest BCUT2D eigenvalue weighted by atomic mass is 9.87. The van der Waals surface area contributed by atoms with Crippen molar-refractivity contribution in [3.63, 3.8) is 0 Å². The van der Waals surface area contributed by atoms with E-state index in [-0.39, 0.29) is 17.0 Å². The van der Waals surface area contributed by atoms with Crippen LogP contribution < -0.4 is 9.47 Å². The quantitative estimate of drug-likeness (QED) is 0.222. The number of ether oxygens (including phenoxy) is 2. The van der Waals surface area contributed by atoms with E-state index < -0.39 is 5.97 Å². The first-order valence-electron chi connectivity index (χ1n) is 10.4. The Morgan fingerprint density at radius 1 is 0.970 bits per heavy atom. The topological polar surface area (TPSA) is 52.6 Å². The zero-order valence-electron chi connectivity index (χ0n) is 18.7. The molecule has 168 valence electrons. The number of hydrogen-bond acceptors (Lipinski definition) is 4. The van der Waals surface area contributed by atoms with Crippen LogP contribution in [0.15, 0.2) is 60.4 Å². The maximum absolute atomic E-state index is 12.9. The monoisotopic (exact) mass is 480 g/mol. The summed E-state index contributed by atoms with van der Waals surface area (Å²) in [5.41, 5.74) is 2.99. The molecule has 1 aliphatic rings. The Bertz CT molecular complexity index is 1280. The number of esters is 1. The Morgan fingerprint density at radius 2 is 1.61 bits per heavy atom. The van der Waals surface area contributed by atoms with Crippen molar-refractivity contribution in [3.8, 4) is 11.5 Å². The van der Waals surface area contributed by atoms with Crippen LogP contribution in [-0.4, -0.2) is 11.8 Å². The van der Waals surface area contributed by atoms with Gasteiger partial charge in [-0.3, -0.25) is 4.79 Å². The third kappa shape index (κ3) is 4.54. The van der Waals surface area contributed by atoms with Gasteiger partial charge in [-0.05, 0) is 60.4 Å². The second-order valence-corrected chi connectivity index (χ2v) is 9.67. The SMILES string of the molecule is Cc1c(OC(=O)c2ccc(C(C)(C)C)cc2)ccc2c1O/C(=C\c1c(Cl)cccc1Cl)C2=O. The van der Waals surface area contributed by atoms with Gasteiger partial charge in [-0.1, -0.05) is 62.2 Å². The first-order valence-corrected chi connectivity index (χ1v) is 11.2. The number of halogens is 2. The van der Waals surface area contributed by atoms with Gasteiger partial charge in [-0.25, -0.2) is 4.79 Å². The van der Waals surface area contributed by atoms with E-state index >= 15 is 0 Å². The fourth-order valence-corrected chi connectivity index (χ4v) is 4.03. The molecular formula is C27H22Cl2O4. The summed E-state index contributed by atoms with van der Waals surface area (Å²) in [7, 11) is 0. The molecule has 4 nitrogen and oxygen atoms in total. The standard InChI is InChI=1S/C27H22Cl2O4/c1-15-22(33-26(31)16-8-10-17(11-9-16)27(2,3)4)13-12-18-24(30)23(32-25(15)18)14-19-20(28)6-5-7-21(19)29/h5-14H,1-4H3/b23-14-. The largest absolute Gasteiger partial charge is 0.452 e. The summed E-state index contributed by atoms with van der Waals surface area (Å²) < 4.78 is 11.5. The molecular weight excluding hydrogens is 459 g/mol. The Morgan fingerprint density at radius 3 is 2.21 bits per heavy atom. The second kappa shape index (κ2) is 8.69. The van der Waals surface area contributed by atoms with Crippen molar-refractivity contribution in [3.05, 3.63) is 98.2 Å². The highest BCUT2D eigenvalue weighted by atomic mass is 35.5. The van der Waals surface area contributed by atoms with E-state index in [1.165, 1.54) is 6.08 Å². The number of ketones is 1. The number of allylic oxidation sites excluding steroid dienone is 1. The van der Waals surface area contributed by atoms with Gasteiger partial charge in [-0.2, -0.15) is 0 Å². The minimum absolute atomic E-state index is 0.0116. The van der Waals surface area contributed by atoms with Gasteiger partial charge in [0.1, 0.15) is 11.5 Å². The molecule has 0 unspecified atom stereocenters. The third-order valence-corrected chi connectivity index (χ3v) is 6.16. The van der Waals surface area contributed by atoms with Crippen LogP contribution in [0.4, 0.5) is 0 Å². The van der Waals surface area contributed by atoms with E-state index in [0.29, 0.717) is 43.8 Å². The lowest BCUT2D eigenvalue weighted by Gasteiger charge is -2.19. The number of hydrogen-bond donors (Lipinski definition) is 0. The van der Waals surface area contributed by atoms with Gasteiger partial charge in [0.15, 0.2) is 5.76 Å². The lowest BCUT2D eigenvalue weighted by molar-refractivity contribution is 0.0733. The highest BCUT2D eigenvalue weighted by molar-refractivity contribution is 6.37. The first kappa shape index (κ1) is 23.1. The van der Waals surface area contributed by atoms with E-state index in [1.807, 2.05) is 12.1 Å². The zero-order valence-corrected chi connectivity index (χ0v) is 20.2. The van der Waals surface area contributed by atoms with Crippen molar-refractivity contribution < 1.29 is 19.1 Å². The molecule has 4 rings (SSSR count). The highest BCUT2D eigenvalue weighted by Crippen LogP contribution is 2.40. The molecule has 0 amide bonds. The number of carbonyl (C=O) groups excluding carboxylic acids is 2. The molecule has 3 aromatic rings. The molecule has 0 spiro atoms. The molecule has 33 heavy (non-hydrogen) atoms. The molecule has 1 aliphatic heterocycles. The molecule has 0 saturated carbocycles. The summed E-state index contributed by atoms with van der Waals surface area (Å²) in [4.78, 5) is 25.6. The van der Waals surface area contributed by atoms with Gasteiger partial charge in [0, 0.05) is 21.2 Å². The van der Waals surface area contributed by atoms with Gasteiger partial charge >= 0.3 is 5.97 Å². The van der Waals surface area contributed by atoms with Crippen LogP contribution in [0.3, 0.4) is 0 Å². The number of fused-ring (bicyclic) bond motifs is 1. The average molecular weight is 481 g/mol. The number of rotatable bonds is 3. The van der Waals surface area contributed by atoms with Crippen LogP contribution in [-0.2, 0) is 5.41 Å². The molecule has 0 saturated heterocycles. The summed E-state index contributed by atoms with van der Waals surface area (Å²) in [6, 6.07) is 15.6. The predicted molar refractivity (Wildman–Crippen MR) is 131 cm³/mol. The van der Waals surface area contributed by atoms with Crippen LogP contribution in [0.2, 0.25) is 10.0 Å². The Labute approximate surface area is 202 Å². The molecule has 0 aliphatic carbocycles. The van der Waals surface area contributed by atoms with E-state index in [0.717, 1.165) is 5.56 Å². The van der Waals surface area contributed by atoms with Gasteiger partial charge in [0.05, 0.1) is 11.1 Å². The van der Waals surface area contributed by atoms with Crippen molar-refractivity contribution in [2.75, 3.05) is 0 Å². The molecule has 3 aromatic carbocycles. The van der Waals surface area contributed by atoms with Crippen molar-refractivity contribution in [1.29, 1.82) is 0 Å². The van der Waals surface area contributed by atoms with Crippen molar-refractivity contribution in [1.82, 2.24) is 0 Å². The second-order valence-electron chi connectivity index (χ2n) is 8.86. The number of carbonyl (C=O) groups is 2. The smallest absolute Gasteiger partial charge is 0.343 e. The van der Waals surface area contributed by atoms with E-state index in [9.17, 15) is 9.59 Å². The Balaban J connectivity index is 1.59. The van der Waals surface area contributed by atoms with Gasteiger partial charge in [0.2, 0.25) is 5.78 Å². The van der Waals surface area contributed by atoms with Crippen molar-refractivity contribution in [2.24, 2.45) is 0 Å². The van der Waals surface area contributed by atoms with E-state index in [4.69, 9.17) is 32.7 Å². The average Bonchev–Trinajstić information content (AvgIpc) is 3.08.